The highest BCUT2D eigenvalue weighted by Crippen LogP contribution is 2.47. The van der Waals surface area contributed by atoms with E-state index in [0.717, 1.165) is 30.8 Å². The monoisotopic (exact) mass is 337 g/mol. The third-order valence-electron chi connectivity index (χ3n) is 5.28. The van der Waals surface area contributed by atoms with E-state index >= 15 is 0 Å². The second-order valence-electron chi connectivity index (χ2n) is 6.37. The zero-order valence-electron chi connectivity index (χ0n) is 14.0. The van der Waals surface area contributed by atoms with Crippen molar-refractivity contribution in [3.05, 3.63) is 23.3 Å². The molecule has 1 aromatic rings. The van der Waals surface area contributed by atoms with Gasteiger partial charge in [0.25, 0.3) is 0 Å². The van der Waals surface area contributed by atoms with Crippen LogP contribution in [0.15, 0.2) is 12.1 Å². The quantitative estimate of drug-likeness (QED) is 0.789. The lowest BCUT2D eigenvalue weighted by atomic mass is 9.76. The van der Waals surface area contributed by atoms with Gasteiger partial charge in [-0.15, -0.1) is 11.6 Å². The van der Waals surface area contributed by atoms with Gasteiger partial charge in [0.2, 0.25) is 5.91 Å². The van der Waals surface area contributed by atoms with Crippen molar-refractivity contribution in [2.24, 2.45) is 5.92 Å². The maximum Gasteiger partial charge on any atom is 0.223 e. The summed E-state index contributed by atoms with van der Waals surface area (Å²) in [6.45, 7) is 2.20. The van der Waals surface area contributed by atoms with Gasteiger partial charge < -0.3 is 14.4 Å². The number of halogens is 1. The molecule has 1 aromatic carbocycles. The number of fused-ring (bicyclic) bond motifs is 3. The Morgan fingerprint density at radius 1 is 1.26 bits per heavy atom. The molecule has 0 N–H and O–H groups in total. The molecule has 3 atom stereocenters. The first-order chi connectivity index (χ1) is 11.1. The molecule has 0 spiro atoms. The summed E-state index contributed by atoms with van der Waals surface area (Å²) >= 11 is 6.21. The van der Waals surface area contributed by atoms with E-state index in [1.165, 1.54) is 11.1 Å². The first-order valence-electron chi connectivity index (χ1n) is 8.26. The van der Waals surface area contributed by atoms with Crippen LogP contribution in [0.3, 0.4) is 0 Å². The van der Waals surface area contributed by atoms with Gasteiger partial charge in [0.05, 0.1) is 20.3 Å². The Hall–Kier alpha value is -1.42. The number of benzene rings is 1. The standard InChI is InChI=1S/C18H24ClNO3/c1-4-11-5-6-17(21)20-13(10-19)7-12-8-15(22-2)16(23-3)9-14(12)18(11)20/h8-9,11,13,18H,4-7,10H2,1-3H3/t11-,13+,18-/m1/s1. The van der Waals surface area contributed by atoms with Gasteiger partial charge in [0.1, 0.15) is 0 Å². The first-order valence-corrected chi connectivity index (χ1v) is 8.79. The fourth-order valence-corrected chi connectivity index (χ4v) is 4.37. The molecule has 0 unspecified atom stereocenters. The molecule has 23 heavy (non-hydrogen) atoms. The van der Waals surface area contributed by atoms with Crippen LogP contribution in [0.25, 0.3) is 0 Å². The van der Waals surface area contributed by atoms with Crippen LogP contribution in [0.2, 0.25) is 0 Å². The molecule has 1 saturated heterocycles. The molecule has 2 aliphatic rings. The van der Waals surface area contributed by atoms with E-state index in [1.54, 1.807) is 14.2 Å². The largest absolute Gasteiger partial charge is 0.493 e. The minimum absolute atomic E-state index is 0.0640. The minimum Gasteiger partial charge on any atom is -0.493 e. The molecule has 2 heterocycles. The topological polar surface area (TPSA) is 38.8 Å². The summed E-state index contributed by atoms with van der Waals surface area (Å²) in [4.78, 5) is 14.6. The van der Waals surface area contributed by atoms with Crippen molar-refractivity contribution in [3.63, 3.8) is 0 Å². The molecule has 3 rings (SSSR count). The second kappa shape index (κ2) is 6.60. The number of piperidine rings is 1. The van der Waals surface area contributed by atoms with Crippen molar-refractivity contribution in [3.8, 4) is 11.5 Å². The van der Waals surface area contributed by atoms with Crippen LogP contribution in [-0.4, -0.2) is 36.9 Å². The van der Waals surface area contributed by atoms with Crippen molar-refractivity contribution in [2.75, 3.05) is 20.1 Å². The summed E-state index contributed by atoms with van der Waals surface area (Å²) in [5.41, 5.74) is 2.42. The normalized spacial score (nSPS) is 26.5. The van der Waals surface area contributed by atoms with Crippen LogP contribution in [0.1, 0.15) is 43.4 Å². The summed E-state index contributed by atoms with van der Waals surface area (Å²) in [7, 11) is 3.30. The van der Waals surface area contributed by atoms with Gasteiger partial charge in [-0.05, 0) is 42.0 Å². The average Bonchev–Trinajstić information content (AvgIpc) is 2.59. The lowest BCUT2D eigenvalue weighted by Gasteiger charge is -2.49. The van der Waals surface area contributed by atoms with Gasteiger partial charge in [0.15, 0.2) is 11.5 Å². The molecule has 0 saturated carbocycles. The van der Waals surface area contributed by atoms with E-state index in [0.29, 0.717) is 18.2 Å². The molecule has 5 heteroatoms. The number of hydrogen-bond acceptors (Lipinski definition) is 3. The molecule has 4 nitrogen and oxygen atoms in total. The van der Waals surface area contributed by atoms with Crippen molar-refractivity contribution < 1.29 is 14.3 Å². The summed E-state index contributed by atoms with van der Waals surface area (Å²) in [5, 5.41) is 0. The first kappa shape index (κ1) is 16.4. The van der Waals surface area contributed by atoms with Crippen molar-refractivity contribution in [1.29, 1.82) is 0 Å². The highest BCUT2D eigenvalue weighted by molar-refractivity contribution is 6.18. The fourth-order valence-electron chi connectivity index (χ4n) is 4.11. The van der Waals surface area contributed by atoms with Crippen LogP contribution in [0.4, 0.5) is 0 Å². The predicted octanol–water partition coefficient (Wildman–Crippen LogP) is 3.56. The highest BCUT2D eigenvalue weighted by atomic mass is 35.5. The molecular formula is C18H24ClNO3. The van der Waals surface area contributed by atoms with E-state index in [4.69, 9.17) is 21.1 Å². The molecule has 1 amide bonds. The third-order valence-corrected chi connectivity index (χ3v) is 5.63. The summed E-state index contributed by atoms with van der Waals surface area (Å²) in [5.74, 6) is 2.62. The average molecular weight is 338 g/mol. The zero-order chi connectivity index (χ0) is 16.6. The number of methoxy groups -OCH3 is 2. The number of rotatable bonds is 4. The smallest absolute Gasteiger partial charge is 0.223 e. The van der Waals surface area contributed by atoms with Gasteiger partial charge in [-0.3, -0.25) is 4.79 Å². The molecule has 2 aliphatic heterocycles. The van der Waals surface area contributed by atoms with Crippen LogP contribution in [-0.2, 0) is 11.2 Å². The molecular weight excluding hydrogens is 314 g/mol. The van der Waals surface area contributed by atoms with Gasteiger partial charge >= 0.3 is 0 Å². The zero-order valence-corrected chi connectivity index (χ0v) is 14.7. The molecule has 0 aliphatic carbocycles. The number of hydrogen-bond donors (Lipinski definition) is 0. The fraction of sp³-hybridized carbons (Fsp3) is 0.611. The van der Waals surface area contributed by atoms with Crippen molar-refractivity contribution >= 4 is 17.5 Å². The maximum absolute atomic E-state index is 12.6. The van der Waals surface area contributed by atoms with Crippen LogP contribution in [0.5, 0.6) is 11.5 Å². The molecule has 0 bridgehead atoms. The lowest BCUT2D eigenvalue weighted by Crippen LogP contribution is -2.53. The Labute approximate surface area is 142 Å². The molecule has 0 radical (unpaired) electrons. The van der Waals surface area contributed by atoms with E-state index in [1.807, 2.05) is 4.90 Å². The Morgan fingerprint density at radius 3 is 2.57 bits per heavy atom. The Kier molecular flexibility index (Phi) is 4.72. The van der Waals surface area contributed by atoms with E-state index < -0.39 is 0 Å². The maximum atomic E-state index is 12.6. The van der Waals surface area contributed by atoms with Gasteiger partial charge in [-0.25, -0.2) is 0 Å². The van der Waals surface area contributed by atoms with Gasteiger partial charge in [-0.1, -0.05) is 13.3 Å². The van der Waals surface area contributed by atoms with E-state index in [-0.39, 0.29) is 18.0 Å². The lowest BCUT2D eigenvalue weighted by molar-refractivity contribution is -0.142. The second-order valence-corrected chi connectivity index (χ2v) is 6.68. The number of amides is 1. The Bertz CT molecular complexity index is 604. The van der Waals surface area contributed by atoms with Crippen LogP contribution >= 0.6 is 11.6 Å². The molecule has 0 aromatic heterocycles. The summed E-state index contributed by atoms with van der Waals surface area (Å²) < 4.78 is 10.9. The highest BCUT2D eigenvalue weighted by Gasteiger charge is 2.43. The minimum atomic E-state index is 0.0640. The van der Waals surface area contributed by atoms with E-state index in [2.05, 4.69) is 19.1 Å². The molecule has 126 valence electrons. The van der Waals surface area contributed by atoms with Crippen molar-refractivity contribution in [2.45, 2.75) is 44.7 Å². The number of ether oxygens (including phenoxy) is 2. The number of alkyl halides is 1. The van der Waals surface area contributed by atoms with Gasteiger partial charge in [-0.2, -0.15) is 0 Å². The van der Waals surface area contributed by atoms with Crippen molar-refractivity contribution in [1.82, 2.24) is 4.90 Å². The number of carbonyl (C=O) groups excluding carboxylic acids is 1. The number of carbonyl (C=O) groups is 1. The van der Waals surface area contributed by atoms with Crippen LogP contribution < -0.4 is 9.47 Å². The Morgan fingerprint density at radius 2 is 1.96 bits per heavy atom. The predicted molar refractivity (Wildman–Crippen MR) is 90.4 cm³/mol. The van der Waals surface area contributed by atoms with Crippen LogP contribution in [0, 0.1) is 5.92 Å². The Balaban J connectivity index is 2.14. The third kappa shape index (κ3) is 2.67. The summed E-state index contributed by atoms with van der Waals surface area (Å²) in [6.07, 6.45) is 3.40. The molecule has 1 fully saturated rings. The van der Waals surface area contributed by atoms with E-state index in [9.17, 15) is 4.79 Å². The summed E-state index contributed by atoms with van der Waals surface area (Å²) in [6, 6.07) is 4.27. The SMILES string of the molecule is CC[C@@H]1CCC(=O)N2[C@H](CCl)Cc3cc(OC)c(OC)cc3[C@@H]12. The number of nitrogens with zero attached hydrogens (tertiary/aromatic N) is 1. The van der Waals surface area contributed by atoms with Gasteiger partial charge in [0, 0.05) is 18.3 Å².